The van der Waals surface area contributed by atoms with Gasteiger partial charge in [0.05, 0.1) is 5.41 Å². The fraction of sp³-hybridized carbons (Fsp3) is 0.0149. The van der Waals surface area contributed by atoms with Crippen LogP contribution < -0.4 is 4.90 Å². The fourth-order valence-corrected chi connectivity index (χ4v) is 12.7. The SMILES string of the molecule is c1ccc(C2(c3ccccc3)c3ccccc3-c3cc(N(c4ccc(-c5ccc(-c6cccc7c6sc6ccccc67)cc5)cc4)c4cccc(-c5cccc6c5oc5ccccc56)c4)ccc32)cc1. The van der Waals surface area contributed by atoms with E-state index in [1.807, 2.05) is 17.4 Å². The third kappa shape index (κ3) is 6.25. The Morgan fingerprint density at radius 3 is 1.67 bits per heavy atom. The van der Waals surface area contributed by atoms with Gasteiger partial charge in [0.25, 0.3) is 0 Å². The minimum atomic E-state index is -0.482. The van der Waals surface area contributed by atoms with Crippen molar-refractivity contribution in [2.24, 2.45) is 0 Å². The van der Waals surface area contributed by atoms with Gasteiger partial charge in [-0.05, 0) is 110 Å². The van der Waals surface area contributed by atoms with Gasteiger partial charge < -0.3 is 9.32 Å². The first kappa shape index (κ1) is 40.3. The lowest BCUT2D eigenvalue weighted by molar-refractivity contribution is 0.670. The van der Waals surface area contributed by atoms with Crippen LogP contribution in [0.3, 0.4) is 0 Å². The Hall–Kier alpha value is -8.76. The molecule has 11 aromatic carbocycles. The van der Waals surface area contributed by atoms with E-state index in [1.54, 1.807) is 0 Å². The lowest BCUT2D eigenvalue weighted by Crippen LogP contribution is -2.28. The molecule has 1 aliphatic rings. The molecule has 2 heterocycles. The number of rotatable bonds is 8. The number of para-hydroxylation sites is 2. The molecular formula is C67H43NOS. The zero-order valence-electron chi connectivity index (χ0n) is 38.1. The van der Waals surface area contributed by atoms with Gasteiger partial charge in [0.15, 0.2) is 0 Å². The van der Waals surface area contributed by atoms with E-state index < -0.39 is 5.41 Å². The van der Waals surface area contributed by atoms with Crippen molar-refractivity contribution in [2.75, 3.05) is 4.90 Å². The van der Waals surface area contributed by atoms with Crippen molar-refractivity contribution in [3.63, 3.8) is 0 Å². The number of hydrogen-bond acceptors (Lipinski definition) is 3. The van der Waals surface area contributed by atoms with Gasteiger partial charge in [-0.15, -0.1) is 11.3 Å². The molecular weight excluding hydrogens is 867 g/mol. The van der Waals surface area contributed by atoms with E-state index in [9.17, 15) is 0 Å². The third-order valence-electron chi connectivity index (χ3n) is 14.6. The molecule has 0 atom stereocenters. The second-order valence-corrected chi connectivity index (χ2v) is 19.4. The summed E-state index contributed by atoms with van der Waals surface area (Å²) in [7, 11) is 0. The molecule has 0 bridgehead atoms. The first-order valence-electron chi connectivity index (χ1n) is 24.0. The quantitative estimate of drug-likeness (QED) is 0.151. The van der Waals surface area contributed by atoms with Crippen LogP contribution in [0.2, 0.25) is 0 Å². The van der Waals surface area contributed by atoms with Gasteiger partial charge in [-0.3, -0.25) is 0 Å². The largest absolute Gasteiger partial charge is 0.455 e. The third-order valence-corrected chi connectivity index (χ3v) is 15.8. The molecule has 14 rings (SSSR count). The zero-order valence-corrected chi connectivity index (χ0v) is 38.9. The van der Waals surface area contributed by atoms with Crippen molar-refractivity contribution < 1.29 is 4.42 Å². The van der Waals surface area contributed by atoms with Crippen molar-refractivity contribution in [2.45, 2.75) is 5.41 Å². The number of nitrogens with zero attached hydrogens (tertiary/aromatic N) is 1. The first-order valence-corrected chi connectivity index (χ1v) is 24.8. The molecule has 0 spiro atoms. The zero-order chi connectivity index (χ0) is 46.2. The summed E-state index contributed by atoms with van der Waals surface area (Å²) in [5, 5.41) is 4.89. The molecule has 70 heavy (non-hydrogen) atoms. The molecule has 0 unspecified atom stereocenters. The van der Waals surface area contributed by atoms with Gasteiger partial charge in [-0.25, -0.2) is 0 Å². The second-order valence-electron chi connectivity index (χ2n) is 18.3. The van der Waals surface area contributed by atoms with Crippen molar-refractivity contribution in [1.82, 2.24) is 0 Å². The molecule has 0 fully saturated rings. The number of furan rings is 1. The number of fused-ring (bicyclic) bond motifs is 9. The number of anilines is 3. The Kier molecular flexibility index (Phi) is 9.33. The summed E-state index contributed by atoms with van der Waals surface area (Å²) in [4.78, 5) is 2.41. The second kappa shape index (κ2) is 16.2. The lowest BCUT2D eigenvalue weighted by Gasteiger charge is -2.34. The maximum atomic E-state index is 6.59. The topological polar surface area (TPSA) is 16.4 Å². The Labute approximate surface area is 410 Å². The molecule has 1 aliphatic carbocycles. The smallest absolute Gasteiger partial charge is 0.143 e. The molecule has 0 saturated carbocycles. The van der Waals surface area contributed by atoms with Crippen LogP contribution >= 0.6 is 11.3 Å². The van der Waals surface area contributed by atoms with Crippen LogP contribution in [0, 0.1) is 0 Å². The normalized spacial score (nSPS) is 12.7. The molecule has 0 amide bonds. The van der Waals surface area contributed by atoms with Crippen LogP contribution in [0.1, 0.15) is 22.3 Å². The predicted octanol–water partition coefficient (Wildman–Crippen LogP) is 18.8. The monoisotopic (exact) mass is 909 g/mol. The standard InChI is InChI=1S/C67H43NOS/c1-3-17-48(18-4-1)67(49-19-5-2-6-20-49)61-29-10-7-22-55(61)60-43-52(40-41-62(60)67)68(51-21-13-16-47(42-51)53-25-14-27-58-56-23-8-11-30-63(56)69-65(53)58)50-38-36-45(37-39-50)44-32-34-46(35-33-44)54-26-15-28-59-57-24-9-12-31-64(57)70-66(54)59/h1-43H. The maximum absolute atomic E-state index is 6.59. The van der Waals surface area contributed by atoms with E-state index in [0.29, 0.717) is 0 Å². The van der Waals surface area contributed by atoms with Gasteiger partial charge >= 0.3 is 0 Å². The number of benzene rings is 11. The summed E-state index contributed by atoms with van der Waals surface area (Å²) in [6.45, 7) is 0. The molecule has 3 heteroatoms. The molecule has 328 valence electrons. The summed E-state index contributed by atoms with van der Waals surface area (Å²) < 4.78 is 9.25. The average Bonchev–Trinajstić information content (AvgIpc) is 4.11. The van der Waals surface area contributed by atoms with Gasteiger partial charge in [-0.1, -0.05) is 212 Å². The number of thiophene rings is 1. The van der Waals surface area contributed by atoms with E-state index >= 15 is 0 Å². The highest BCUT2D eigenvalue weighted by Crippen LogP contribution is 2.57. The van der Waals surface area contributed by atoms with E-state index in [-0.39, 0.29) is 0 Å². The summed E-state index contributed by atoms with van der Waals surface area (Å²) in [5.74, 6) is 0. The van der Waals surface area contributed by atoms with Gasteiger partial charge in [0, 0.05) is 53.6 Å². The summed E-state index contributed by atoms with van der Waals surface area (Å²) >= 11 is 1.88. The number of hydrogen-bond donors (Lipinski definition) is 0. The highest BCUT2D eigenvalue weighted by atomic mass is 32.1. The van der Waals surface area contributed by atoms with Crippen LogP contribution in [-0.2, 0) is 5.41 Å². The molecule has 2 nitrogen and oxygen atoms in total. The lowest BCUT2D eigenvalue weighted by atomic mass is 9.68. The molecule has 0 N–H and O–H groups in total. The highest BCUT2D eigenvalue weighted by molar-refractivity contribution is 7.26. The predicted molar refractivity (Wildman–Crippen MR) is 295 cm³/mol. The minimum absolute atomic E-state index is 0.482. The molecule has 0 saturated heterocycles. The molecule has 2 aromatic heterocycles. The van der Waals surface area contributed by atoms with Gasteiger partial charge in [-0.2, -0.15) is 0 Å². The molecule has 13 aromatic rings. The summed E-state index contributed by atoms with van der Waals surface area (Å²) in [6, 6.07) is 95.4. The minimum Gasteiger partial charge on any atom is -0.455 e. The van der Waals surface area contributed by atoms with Crippen molar-refractivity contribution in [3.05, 3.63) is 283 Å². The summed E-state index contributed by atoms with van der Waals surface area (Å²) in [6.07, 6.45) is 0. The van der Waals surface area contributed by atoms with Crippen LogP contribution in [0.4, 0.5) is 17.1 Å². The van der Waals surface area contributed by atoms with E-state index in [0.717, 1.165) is 50.1 Å². The Morgan fingerprint density at radius 2 is 0.886 bits per heavy atom. The molecule has 0 aliphatic heterocycles. The average molecular weight is 910 g/mol. The van der Waals surface area contributed by atoms with Gasteiger partial charge in [0.1, 0.15) is 11.2 Å². The van der Waals surface area contributed by atoms with Crippen LogP contribution in [0.5, 0.6) is 0 Å². The van der Waals surface area contributed by atoms with E-state index in [1.165, 1.54) is 75.8 Å². The van der Waals surface area contributed by atoms with Crippen molar-refractivity contribution in [3.8, 4) is 44.5 Å². The Bertz CT molecular complexity index is 4070. The first-order chi connectivity index (χ1) is 34.7. The van der Waals surface area contributed by atoms with Crippen LogP contribution in [0.15, 0.2) is 265 Å². The fourth-order valence-electron chi connectivity index (χ4n) is 11.4. The van der Waals surface area contributed by atoms with E-state index in [4.69, 9.17) is 4.42 Å². The van der Waals surface area contributed by atoms with Crippen LogP contribution in [-0.4, -0.2) is 0 Å². The Morgan fingerprint density at radius 1 is 0.329 bits per heavy atom. The van der Waals surface area contributed by atoms with E-state index in [2.05, 4.69) is 260 Å². The molecule has 0 radical (unpaired) electrons. The van der Waals surface area contributed by atoms with Gasteiger partial charge in [0.2, 0.25) is 0 Å². The van der Waals surface area contributed by atoms with Crippen LogP contribution in [0.25, 0.3) is 86.6 Å². The van der Waals surface area contributed by atoms with Crippen molar-refractivity contribution >= 4 is 70.5 Å². The Balaban J connectivity index is 0.905. The van der Waals surface area contributed by atoms with Crippen molar-refractivity contribution in [1.29, 1.82) is 0 Å². The maximum Gasteiger partial charge on any atom is 0.143 e. The highest BCUT2D eigenvalue weighted by Gasteiger charge is 2.46. The summed E-state index contributed by atoms with van der Waals surface area (Å²) in [5.41, 5.74) is 19.1.